The fraction of sp³-hybridized carbons (Fsp3) is 0.922. The summed E-state index contributed by atoms with van der Waals surface area (Å²) in [6.07, 6.45) is -81.4. The fourth-order valence-electron chi connectivity index (χ4n) is 14.8. The number of amides is 5. The molecule has 0 bridgehead atoms. The van der Waals surface area contributed by atoms with Crippen LogP contribution in [0.2, 0.25) is 0 Å². The van der Waals surface area contributed by atoms with Gasteiger partial charge in [-0.1, -0.05) is 0 Å². The Balaban J connectivity index is 1.000. The van der Waals surface area contributed by atoms with Crippen molar-refractivity contribution < 1.29 is 227 Å². The Morgan fingerprint density at radius 2 is 0.443 bits per heavy atom. The number of carbonyl (C=O) groups is 5. The lowest BCUT2D eigenvalue weighted by atomic mass is 9.94. The van der Waals surface area contributed by atoms with Crippen molar-refractivity contribution in [3.63, 3.8) is 0 Å². The van der Waals surface area contributed by atoms with E-state index in [9.17, 15) is 147 Å². The van der Waals surface area contributed by atoms with Gasteiger partial charge in [-0.15, -0.1) is 0 Å². The van der Waals surface area contributed by atoms with Crippen molar-refractivity contribution in [2.24, 2.45) is 0 Å². The Morgan fingerprint density at radius 3 is 0.757 bits per heavy atom. The van der Waals surface area contributed by atoms with E-state index in [-0.39, 0.29) is 0 Å². The standard InChI is InChI=1S/C64H107N5O46/c1-15(77)65-29-40(88)34(82)20(6-70)102-57(29)99-13-27-38(86)54(114-59-30(66-16(2)78)41(89)35(83)21(7-71)103-59)48(96)63(108-27)110-50-25(11-75)106-58(32(43(50)91)68-18(4)80)100-14-28-39(87)55(115-60-31(67-17(3)79)42(90)36(84)22(8-72)104-60)49(97)64(109-28)111-51-26(12-76)107-61(33(44(51)92)69-19(5)81)113-53-37(85)23(9-73)105-62(47(53)95)112-52-24(10-74)101-56(98)46(94)45(52)93/h20-64,70-76,82-98H,6-14H2,1-5H3,(H,65,77)(H,66,78)(H,67,79)(H,68,80)(H,69,81)/t20-,21-,22-,23-,24-,25-,26-,27-,28-,29-,30-,31-,32-,33-,34-,35-,36-,37+,38+,39+,40-,41-,42-,43-,44-,45-,46-,47-,48-,49-,50-,51-,52-,53+,54+,55+,56-,57-,58-,59+,60+,61+,62+,63+,64+/m1/s1. The van der Waals surface area contributed by atoms with Crippen molar-refractivity contribution in [3.05, 3.63) is 0 Å². The zero-order chi connectivity index (χ0) is 84.8. The van der Waals surface area contributed by atoms with Gasteiger partial charge in [0.1, 0.15) is 219 Å². The lowest BCUT2D eigenvalue weighted by Crippen LogP contribution is -2.70. The molecule has 0 aromatic rings. The topological polar surface area (TPSA) is 788 Å². The summed E-state index contributed by atoms with van der Waals surface area (Å²) in [6.45, 7) is -4.60. The van der Waals surface area contributed by atoms with E-state index in [2.05, 4.69) is 26.6 Å². The zero-order valence-electron chi connectivity index (χ0n) is 62.1. The van der Waals surface area contributed by atoms with Gasteiger partial charge in [-0.2, -0.15) is 0 Å². The van der Waals surface area contributed by atoms with E-state index in [1.807, 2.05) is 0 Å². The van der Waals surface area contributed by atoms with E-state index in [0.29, 0.717) is 0 Å². The summed E-state index contributed by atoms with van der Waals surface area (Å²) in [7, 11) is 0. The summed E-state index contributed by atoms with van der Waals surface area (Å²) >= 11 is 0. The highest BCUT2D eigenvalue weighted by atomic mass is 16.8. The minimum Gasteiger partial charge on any atom is -0.394 e. The first-order valence-electron chi connectivity index (χ1n) is 36.6. The van der Waals surface area contributed by atoms with Crippen LogP contribution in [-0.4, -0.2) is 488 Å². The van der Waals surface area contributed by atoms with Gasteiger partial charge in [0.25, 0.3) is 0 Å². The van der Waals surface area contributed by atoms with Gasteiger partial charge in [0.15, 0.2) is 56.6 Å². The van der Waals surface area contributed by atoms with Gasteiger partial charge in [0.05, 0.1) is 59.5 Å². The van der Waals surface area contributed by atoms with Crippen LogP contribution in [0.25, 0.3) is 0 Å². The summed E-state index contributed by atoms with van der Waals surface area (Å²) in [5.74, 6) is -4.45. The molecule has 115 heavy (non-hydrogen) atoms. The van der Waals surface area contributed by atoms with Gasteiger partial charge >= 0.3 is 0 Å². The second-order valence-corrected chi connectivity index (χ2v) is 28.9. The predicted octanol–water partition coefficient (Wildman–Crippen LogP) is -19.9. The molecule has 9 saturated heterocycles. The molecule has 0 radical (unpaired) electrons. The van der Waals surface area contributed by atoms with Crippen LogP contribution in [0.1, 0.15) is 34.6 Å². The number of hydrogen-bond acceptors (Lipinski definition) is 46. The minimum atomic E-state index is -2.44. The Hall–Kier alpha value is -4.29. The van der Waals surface area contributed by atoms with Crippen molar-refractivity contribution >= 4 is 29.5 Å². The summed E-state index contributed by atoms with van der Waals surface area (Å²) in [6, 6.07) is -9.08. The zero-order valence-corrected chi connectivity index (χ0v) is 62.1. The molecule has 9 aliphatic rings. The number of aliphatic hydroxyl groups is 24. The summed E-state index contributed by atoms with van der Waals surface area (Å²) in [5, 5.41) is 278. The van der Waals surface area contributed by atoms with E-state index in [0.717, 1.165) is 34.6 Å². The average molecular weight is 1680 g/mol. The number of carbonyl (C=O) groups excluding carboxylic acids is 5. The van der Waals surface area contributed by atoms with Crippen molar-refractivity contribution in [1.82, 2.24) is 26.6 Å². The van der Waals surface area contributed by atoms with Crippen LogP contribution < -0.4 is 26.6 Å². The van der Waals surface area contributed by atoms with Gasteiger partial charge in [-0.05, 0) is 0 Å². The maximum Gasteiger partial charge on any atom is 0.217 e. The maximum atomic E-state index is 13.2. The molecule has 0 unspecified atom stereocenters. The smallest absolute Gasteiger partial charge is 0.217 e. The van der Waals surface area contributed by atoms with Crippen LogP contribution >= 0.6 is 0 Å². The molecule has 0 spiro atoms. The third-order valence-corrected chi connectivity index (χ3v) is 20.7. The molecule has 9 aliphatic heterocycles. The Bertz CT molecular complexity index is 3100. The van der Waals surface area contributed by atoms with Gasteiger partial charge in [0.2, 0.25) is 29.5 Å². The average Bonchev–Trinajstić information content (AvgIpc) is 0.769. The van der Waals surface area contributed by atoms with Crippen molar-refractivity contribution in [1.29, 1.82) is 0 Å². The van der Waals surface area contributed by atoms with Gasteiger partial charge in [0, 0.05) is 34.6 Å². The largest absolute Gasteiger partial charge is 0.394 e. The molecule has 0 aromatic carbocycles. The van der Waals surface area contributed by atoms with E-state index >= 15 is 0 Å². The van der Waals surface area contributed by atoms with Crippen LogP contribution in [0.4, 0.5) is 0 Å². The minimum absolute atomic E-state index is 0.786. The van der Waals surface area contributed by atoms with Crippen LogP contribution in [-0.2, 0) is 104 Å². The summed E-state index contributed by atoms with van der Waals surface area (Å²) in [5.41, 5.74) is 0. The fourth-order valence-corrected chi connectivity index (χ4v) is 14.8. The predicted molar refractivity (Wildman–Crippen MR) is 355 cm³/mol. The number of aliphatic hydroxyl groups excluding tert-OH is 24. The van der Waals surface area contributed by atoms with E-state index in [1.54, 1.807) is 0 Å². The van der Waals surface area contributed by atoms with Gasteiger partial charge in [-0.3, -0.25) is 24.0 Å². The molecule has 0 saturated carbocycles. The molecule has 45 atom stereocenters. The summed E-state index contributed by atoms with van der Waals surface area (Å²) < 4.78 is 100. The first-order chi connectivity index (χ1) is 54.4. The molecule has 9 fully saturated rings. The molecular formula is C64H107N5O46. The molecule has 5 amide bonds. The van der Waals surface area contributed by atoms with Crippen molar-refractivity contribution in [2.75, 3.05) is 59.5 Å². The number of hydrogen-bond donors (Lipinski definition) is 29. The SMILES string of the molecule is CC(=O)N[C@H]1[C@H](OC[C@H]2O[C@@H](O[C@H]3[C@H](O)[C@@H](NC(C)=O)[C@H](O[C@H]4[C@@H](O)[C@@H](CO)O[C@@H](O[C@H]5[C@H](O)[C@@H](O)[C@H](O)O[C@@H]5CO)[C@@H]4O)O[C@@H]3CO)[C@H](O)[C@@H](O[C@@H]3O[C@H](CO)[C@@H](O)[C@H](O)[C@H]3NC(C)=O)[C@H]2O)O[C@H](CO)[C@@H](O[C@@H]2O[C@H](CO[C@@H]3O[C@H](CO)[C@@H](O)[C@H](O)[C@H]3NC(C)=O)[C@H](O)[C@H](O[C@@H]3O[C@H](CO)[C@@H](O)[C@H](O)[C@H]3NC(C)=O)[C@H]2O)[C@@H]1O. The lowest BCUT2D eigenvalue weighted by molar-refractivity contribution is -0.387. The number of ether oxygens (including phenoxy) is 17. The Labute approximate surface area is 651 Å². The van der Waals surface area contributed by atoms with E-state index < -0.39 is 365 Å². The second kappa shape index (κ2) is 41.5. The first-order valence-corrected chi connectivity index (χ1v) is 36.6. The first kappa shape index (κ1) is 94.6. The van der Waals surface area contributed by atoms with Gasteiger partial charge < -0.3 is 230 Å². The van der Waals surface area contributed by atoms with Crippen LogP contribution in [0.5, 0.6) is 0 Å². The molecule has 0 aromatic heterocycles. The van der Waals surface area contributed by atoms with E-state index in [1.165, 1.54) is 0 Å². The van der Waals surface area contributed by atoms with E-state index in [4.69, 9.17) is 80.5 Å². The van der Waals surface area contributed by atoms with Crippen LogP contribution in [0.15, 0.2) is 0 Å². The quantitative estimate of drug-likeness (QED) is 0.0318. The number of nitrogens with one attached hydrogen (secondary N) is 5. The normalized spacial score (nSPS) is 47.9. The van der Waals surface area contributed by atoms with Crippen LogP contribution in [0, 0.1) is 0 Å². The monoisotopic (exact) mass is 1680 g/mol. The molecule has 51 heteroatoms. The Kier molecular flexibility index (Phi) is 34.1. The maximum absolute atomic E-state index is 13.2. The third kappa shape index (κ3) is 21.4. The second-order valence-electron chi connectivity index (χ2n) is 28.9. The molecule has 0 aliphatic carbocycles. The molecule has 9 rings (SSSR count). The lowest BCUT2D eigenvalue weighted by Gasteiger charge is -2.51. The van der Waals surface area contributed by atoms with Gasteiger partial charge in [-0.25, -0.2) is 0 Å². The third-order valence-electron chi connectivity index (χ3n) is 20.7. The highest BCUT2D eigenvalue weighted by Crippen LogP contribution is 2.39. The van der Waals surface area contributed by atoms with Crippen molar-refractivity contribution in [2.45, 2.75) is 311 Å². The highest BCUT2D eigenvalue weighted by Gasteiger charge is 2.61. The molecule has 29 N–H and O–H groups in total. The van der Waals surface area contributed by atoms with Crippen LogP contribution in [0.3, 0.4) is 0 Å². The Morgan fingerprint density at radius 1 is 0.226 bits per heavy atom. The number of rotatable bonds is 30. The molecule has 664 valence electrons. The molecule has 51 nitrogen and oxygen atoms in total. The van der Waals surface area contributed by atoms with Crippen molar-refractivity contribution in [3.8, 4) is 0 Å². The molecular weight excluding hydrogens is 1570 g/mol. The summed E-state index contributed by atoms with van der Waals surface area (Å²) in [4.78, 5) is 63.6. The highest BCUT2D eigenvalue weighted by molar-refractivity contribution is 5.75. The molecule has 9 heterocycles.